The van der Waals surface area contributed by atoms with Crippen LogP contribution in [0, 0.1) is 9.39 Å². The molecule has 2 aromatic rings. The number of phenols is 1. The second-order valence-corrected chi connectivity index (χ2v) is 5.36. The quantitative estimate of drug-likeness (QED) is 0.691. The minimum absolute atomic E-state index is 0.0663. The van der Waals surface area contributed by atoms with Crippen molar-refractivity contribution in [2.45, 2.75) is 0 Å². The van der Waals surface area contributed by atoms with E-state index in [2.05, 4.69) is 5.32 Å². The zero-order valence-electron chi connectivity index (χ0n) is 10.4. The number of carboxylic acids is 1. The third-order valence-corrected chi connectivity index (χ3v) is 3.33. The molecule has 0 bridgehead atoms. The fraction of sp³-hybridized carbons (Fsp3) is 0. The Morgan fingerprint density at radius 3 is 2.48 bits per heavy atom. The molecule has 0 aromatic heterocycles. The third kappa shape index (κ3) is 3.48. The number of rotatable bonds is 3. The number of aromatic hydroxyl groups is 1. The van der Waals surface area contributed by atoms with E-state index in [4.69, 9.17) is 5.11 Å². The molecule has 0 spiro atoms. The predicted molar refractivity (Wildman–Crippen MR) is 82.1 cm³/mol. The molecule has 21 heavy (non-hydrogen) atoms. The van der Waals surface area contributed by atoms with Gasteiger partial charge in [0.15, 0.2) is 0 Å². The van der Waals surface area contributed by atoms with Crippen LogP contribution in [0.4, 0.5) is 10.1 Å². The average Bonchev–Trinajstić information content (AvgIpc) is 2.43. The molecule has 2 rings (SSSR count). The zero-order chi connectivity index (χ0) is 15.6. The molecule has 2 aromatic carbocycles. The third-order valence-electron chi connectivity index (χ3n) is 2.66. The van der Waals surface area contributed by atoms with Crippen LogP contribution in [-0.2, 0) is 0 Å². The number of hydrogen-bond acceptors (Lipinski definition) is 3. The lowest BCUT2D eigenvalue weighted by atomic mass is 10.1. The summed E-state index contributed by atoms with van der Waals surface area (Å²) in [7, 11) is 0. The highest BCUT2D eigenvalue weighted by atomic mass is 127. The molecule has 0 saturated carbocycles. The number of amides is 1. The molecule has 0 heterocycles. The first-order chi connectivity index (χ1) is 9.88. The van der Waals surface area contributed by atoms with Gasteiger partial charge in [-0.25, -0.2) is 9.18 Å². The van der Waals surface area contributed by atoms with Crippen LogP contribution in [0.15, 0.2) is 36.4 Å². The molecule has 0 aliphatic carbocycles. The van der Waals surface area contributed by atoms with E-state index >= 15 is 0 Å². The lowest BCUT2D eigenvalue weighted by Crippen LogP contribution is -2.15. The molecular weight excluding hydrogens is 392 g/mol. The Kier molecular flexibility index (Phi) is 4.41. The maximum absolute atomic E-state index is 13.1. The first-order valence-electron chi connectivity index (χ1n) is 5.71. The topological polar surface area (TPSA) is 86.6 Å². The fourth-order valence-electron chi connectivity index (χ4n) is 1.68. The molecular formula is C14H9FINO4. The Balaban J connectivity index is 2.36. The van der Waals surface area contributed by atoms with Gasteiger partial charge in [-0.15, -0.1) is 0 Å². The number of aromatic carboxylic acids is 1. The van der Waals surface area contributed by atoms with Crippen LogP contribution in [-0.4, -0.2) is 22.1 Å². The maximum Gasteiger partial charge on any atom is 0.337 e. The van der Waals surface area contributed by atoms with E-state index in [1.54, 1.807) is 6.07 Å². The smallest absolute Gasteiger partial charge is 0.337 e. The van der Waals surface area contributed by atoms with Crippen molar-refractivity contribution in [3.05, 3.63) is 56.9 Å². The summed E-state index contributed by atoms with van der Waals surface area (Å²) in [6.45, 7) is 0. The number of hydrogen-bond donors (Lipinski definition) is 3. The highest BCUT2D eigenvalue weighted by molar-refractivity contribution is 14.1. The largest absolute Gasteiger partial charge is 0.507 e. The van der Waals surface area contributed by atoms with Gasteiger partial charge in [-0.3, -0.25) is 4.79 Å². The van der Waals surface area contributed by atoms with Crippen LogP contribution >= 0.6 is 22.6 Å². The summed E-state index contributed by atoms with van der Waals surface area (Å²) in [6, 6.07) is 7.38. The van der Waals surface area contributed by atoms with Crippen molar-refractivity contribution >= 4 is 40.2 Å². The molecule has 0 saturated heterocycles. The second-order valence-electron chi connectivity index (χ2n) is 4.11. The zero-order valence-corrected chi connectivity index (χ0v) is 12.6. The van der Waals surface area contributed by atoms with Crippen molar-refractivity contribution in [3.8, 4) is 5.75 Å². The number of carbonyl (C=O) groups excluding carboxylic acids is 1. The van der Waals surface area contributed by atoms with Gasteiger partial charge in [0, 0.05) is 3.57 Å². The number of anilines is 1. The van der Waals surface area contributed by atoms with Gasteiger partial charge < -0.3 is 15.5 Å². The lowest BCUT2D eigenvalue weighted by molar-refractivity contribution is 0.0698. The highest BCUT2D eigenvalue weighted by Crippen LogP contribution is 2.23. The second kappa shape index (κ2) is 6.08. The van der Waals surface area contributed by atoms with Crippen molar-refractivity contribution in [1.82, 2.24) is 0 Å². The molecule has 0 aliphatic rings. The highest BCUT2D eigenvalue weighted by Gasteiger charge is 2.16. The summed E-state index contributed by atoms with van der Waals surface area (Å²) in [4.78, 5) is 23.2. The first-order valence-corrected chi connectivity index (χ1v) is 6.79. The maximum atomic E-state index is 13.1. The Labute approximate surface area is 132 Å². The van der Waals surface area contributed by atoms with Gasteiger partial charge in [0.1, 0.15) is 11.6 Å². The number of benzene rings is 2. The Morgan fingerprint density at radius 2 is 1.81 bits per heavy atom. The minimum Gasteiger partial charge on any atom is -0.507 e. The Bertz CT molecular complexity index is 733. The molecule has 7 heteroatoms. The van der Waals surface area contributed by atoms with E-state index in [0.29, 0.717) is 3.57 Å². The molecule has 0 radical (unpaired) electrons. The van der Waals surface area contributed by atoms with Crippen molar-refractivity contribution < 1.29 is 24.2 Å². The van der Waals surface area contributed by atoms with Crippen molar-refractivity contribution in [2.24, 2.45) is 0 Å². The Hall–Kier alpha value is -2.16. The van der Waals surface area contributed by atoms with Gasteiger partial charge in [0.25, 0.3) is 5.91 Å². The van der Waals surface area contributed by atoms with Crippen LogP contribution < -0.4 is 5.32 Å². The van der Waals surface area contributed by atoms with Gasteiger partial charge in [0.05, 0.1) is 16.8 Å². The van der Waals surface area contributed by atoms with Gasteiger partial charge in [-0.1, -0.05) is 0 Å². The summed E-state index contributed by atoms with van der Waals surface area (Å²) in [5.74, 6) is -3.07. The average molecular weight is 401 g/mol. The predicted octanol–water partition coefficient (Wildman–Crippen LogP) is 3.09. The van der Waals surface area contributed by atoms with Gasteiger partial charge in [0.2, 0.25) is 0 Å². The standard InChI is InChI=1S/C14H9FINO4/c15-7-1-4-12(18)10(5-7)13(19)17-11-3-2-8(16)6-9(11)14(20)21/h1-6,18H,(H,17,19)(H,20,21). The van der Waals surface area contributed by atoms with E-state index in [1.165, 1.54) is 12.1 Å². The number of nitrogens with one attached hydrogen (secondary N) is 1. The number of halogens is 2. The van der Waals surface area contributed by atoms with Crippen molar-refractivity contribution in [2.75, 3.05) is 5.32 Å². The van der Waals surface area contributed by atoms with Crippen molar-refractivity contribution in [1.29, 1.82) is 0 Å². The molecule has 108 valence electrons. The summed E-state index contributed by atoms with van der Waals surface area (Å²) in [5, 5.41) is 21.0. The fourth-order valence-corrected chi connectivity index (χ4v) is 2.17. The van der Waals surface area contributed by atoms with Crippen LogP contribution in [0.3, 0.4) is 0 Å². The molecule has 3 N–H and O–H groups in total. The molecule has 0 aliphatic heterocycles. The summed E-state index contributed by atoms with van der Waals surface area (Å²) in [6.07, 6.45) is 0. The SMILES string of the molecule is O=C(Nc1ccc(I)cc1C(=O)O)c1cc(F)ccc1O. The molecule has 5 nitrogen and oxygen atoms in total. The van der Waals surface area contributed by atoms with Gasteiger partial charge in [-0.05, 0) is 59.0 Å². The Morgan fingerprint density at radius 1 is 1.10 bits per heavy atom. The molecule has 0 atom stereocenters. The molecule has 1 amide bonds. The molecule has 0 fully saturated rings. The van der Waals surface area contributed by atoms with E-state index in [-0.39, 0.29) is 16.8 Å². The minimum atomic E-state index is -1.20. The van der Waals surface area contributed by atoms with Crippen LogP contribution in [0.2, 0.25) is 0 Å². The normalized spacial score (nSPS) is 10.2. The van der Waals surface area contributed by atoms with E-state index in [0.717, 1.165) is 18.2 Å². The van der Waals surface area contributed by atoms with Crippen LogP contribution in [0.5, 0.6) is 5.75 Å². The van der Waals surface area contributed by atoms with Crippen LogP contribution in [0.1, 0.15) is 20.7 Å². The number of carbonyl (C=O) groups is 2. The van der Waals surface area contributed by atoms with E-state index < -0.39 is 23.4 Å². The summed E-state index contributed by atoms with van der Waals surface area (Å²) >= 11 is 1.94. The monoisotopic (exact) mass is 401 g/mol. The number of carboxylic acid groups (broad SMARTS) is 1. The van der Waals surface area contributed by atoms with Crippen LogP contribution in [0.25, 0.3) is 0 Å². The van der Waals surface area contributed by atoms with E-state index in [1.807, 2.05) is 22.6 Å². The van der Waals surface area contributed by atoms with Gasteiger partial charge >= 0.3 is 5.97 Å². The van der Waals surface area contributed by atoms with E-state index in [9.17, 15) is 19.1 Å². The molecule has 0 unspecified atom stereocenters. The summed E-state index contributed by atoms with van der Waals surface area (Å²) < 4.78 is 13.8. The van der Waals surface area contributed by atoms with Crippen molar-refractivity contribution in [3.63, 3.8) is 0 Å². The first kappa shape index (κ1) is 15.2. The van der Waals surface area contributed by atoms with Gasteiger partial charge in [-0.2, -0.15) is 0 Å². The lowest BCUT2D eigenvalue weighted by Gasteiger charge is -2.10. The number of phenolic OH excluding ortho intramolecular Hbond substituents is 1. The summed E-state index contributed by atoms with van der Waals surface area (Å²) in [5.41, 5.74) is -0.299.